The van der Waals surface area contributed by atoms with Crippen molar-refractivity contribution in [1.82, 2.24) is 0 Å². The van der Waals surface area contributed by atoms with Gasteiger partial charge in [0.2, 0.25) is 12.4 Å². The molecule has 0 aromatic rings. The quantitative estimate of drug-likeness (QED) is 0.212. The number of methoxy groups -OCH3 is 1. The largest absolute Gasteiger partial charge is 0.462 e. The van der Waals surface area contributed by atoms with Crippen molar-refractivity contribution in [2.75, 3.05) is 13.7 Å². The van der Waals surface area contributed by atoms with Gasteiger partial charge >= 0.3 is 35.8 Å². The third kappa shape index (κ3) is 11.2. The molecule has 0 aromatic heterocycles. The van der Waals surface area contributed by atoms with Crippen molar-refractivity contribution in [2.45, 2.75) is 72.2 Å². The van der Waals surface area contributed by atoms with Crippen molar-refractivity contribution in [2.24, 2.45) is 0 Å². The summed E-state index contributed by atoms with van der Waals surface area (Å²) in [6.45, 7) is 5.58. The molecule has 0 radical (unpaired) electrons. The van der Waals surface area contributed by atoms with Crippen LogP contribution in [0.1, 0.15) is 41.5 Å². The number of hydrogen-bond acceptors (Lipinski definition) is 13. The number of hydrogen-bond donors (Lipinski definition) is 0. The van der Waals surface area contributed by atoms with Crippen molar-refractivity contribution >= 4 is 35.8 Å². The molecule has 0 amide bonds. The maximum absolute atomic E-state index is 11.8. The predicted octanol–water partition coefficient (Wildman–Crippen LogP) is -0.188. The Bertz CT molecular complexity index is 701. The molecule has 0 aliphatic heterocycles. The zero-order valence-electron chi connectivity index (χ0n) is 18.9. The van der Waals surface area contributed by atoms with Crippen LogP contribution in [-0.2, 0) is 61.9 Å². The number of carbonyl (C=O) groups excluding carboxylic acids is 6. The highest BCUT2D eigenvalue weighted by atomic mass is 16.7. The van der Waals surface area contributed by atoms with E-state index in [9.17, 15) is 28.8 Å². The maximum Gasteiger partial charge on any atom is 0.305 e. The van der Waals surface area contributed by atoms with Gasteiger partial charge in [-0.2, -0.15) is 0 Å². The second kappa shape index (κ2) is 14.0. The molecule has 0 unspecified atom stereocenters. The maximum atomic E-state index is 11.8. The molecule has 13 nitrogen and oxygen atoms in total. The molecular formula is C19H28O13. The smallest absolute Gasteiger partial charge is 0.305 e. The van der Waals surface area contributed by atoms with Crippen molar-refractivity contribution in [1.29, 1.82) is 0 Å². The molecule has 0 aromatic carbocycles. The third-order valence-corrected chi connectivity index (χ3v) is 3.47. The zero-order chi connectivity index (χ0) is 25.0. The van der Waals surface area contributed by atoms with Gasteiger partial charge in [-0.1, -0.05) is 0 Å². The van der Waals surface area contributed by atoms with Crippen LogP contribution in [-0.4, -0.2) is 80.2 Å². The van der Waals surface area contributed by atoms with Crippen LogP contribution in [0, 0.1) is 0 Å². The van der Waals surface area contributed by atoms with Crippen LogP contribution in [0.5, 0.6) is 0 Å². The summed E-state index contributed by atoms with van der Waals surface area (Å²) in [6.07, 6.45) is -8.19. The lowest BCUT2D eigenvalue weighted by atomic mass is 10.0. The van der Waals surface area contributed by atoms with E-state index in [0.29, 0.717) is 0 Å². The Kier molecular flexibility index (Phi) is 12.6. The summed E-state index contributed by atoms with van der Waals surface area (Å²) in [5.41, 5.74) is 0. The van der Waals surface area contributed by atoms with Crippen LogP contribution in [0.25, 0.3) is 0 Å². The van der Waals surface area contributed by atoms with Crippen LogP contribution in [0.3, 0.4) is 0 Å². The summed E-state index contributed by atoms with van der Waals surface area (Å²) < 4.78 is 35.6. The molecule has 0 spiro atoms. The van der Waals surface area contributed by atoms with E-state index in [1.165, 1.54) is 0 Å². The number of rotatable bonds is 12. The molecule has 0 heterocycles. The van der Waals surface area contributed by atoms with Crippen LogP contribution in [0.4, 0.5) is 0 Å². The summed E-state index contributed by atoms with van der Waals surface area (Å²) in [4.78, 5) is 69.8. The van der Waals surface area contributed by atoms with E-state index >= 15 is 0 Å². The SMILES string of the molecule is CO[C@@H](OC(C)=O)[C@@H](OC(C)=O)[C@@H](OC(C)=O)[C@H](OC(C)=O)[C@@H](COC(C)=O)OC(C)=O. The molecule has 0 rings (SSSR count). The van der Waals surface area contributed by atoms with Crippen molar-refractivity contribution < 1.29 is 61.9 Å². The van der Waals surface area contributed by atoms with Gasteiger partial charge < -0.3 is 33.2 Å². The molecule has 0 saturated heterocycles. The minimum atomic E-state index is -1.72. The van der Waals surface area contributed by atoms with E-state index in [4.69, 9.17) is 33.2 Å². The molecule has 5 atom stereocenters. The monoisotopic (exact) mass is 464 g/mol. The molecule has 32 heavy (non-hydrogen) atoms. The van der Waals surface area contributed by atoms with E-state index in [0.717, 1.165) is 48.7 Å². The predicted molar refractivity (Wildman–Crippen MR) is 101 cm³/mol. The van der Waals surface area contributed by atoms with Crippen LogP contribution < -0.4 is 0 Å². The topological polar surface area (TPSA) is 167 Å². The second-order valence-corrected chi connectivity index (χ2v) is 6.39. The summed E-state index contributed by atoms with van der Waals surface area (Å²) in [5, 5.41) is 0. The molecule has 0 N–H and O–H groups in total. The van der Waals surface area contributed by atoms with Gasteiger partial charge in [0, 0.05) is 48.7 Å². The van der Waals surface area contributed by atoms with Gasteiger partial charge in [-0.25, -0.2) is 0 Å². The van der Waals surface area contributed by atoms with E-state index in [-0.39, 0.29) is 0 Å². The Balaban J connectivity index is 6.54. The van der Waals surface area contributed by atoms with Crippen molar-refractivity contribution in [3.05, 3.63) is 0 Å². The Hall–Kier alpha value is -3.22. The number of esters is 6. The Morgan fingerprint density at radius 2 is 0.938 bits per heavy atom. The molecule has 0 fully saturated rings. The van der Waals surface area contributed by atoms with Gasteiger partial charge in [0.15, 0.2) is 18.3 Å². The lowest BCUT2D eigenvalue weighted by Gasteiger charge is -2.37. The summed E-state index contributed by atoms with van der Waals surface area (Å²) in [5.74, 6) is -5.17. The first-order chi connectivity index (χ1) is 14.8. The Labute approximate surface area is 184 Å². The van der Waals surface area contributed by atoms with Crippen LogP contribution in [0.2, 0.25) is 0 Å². The van der Waals surface area contributed by atoms with Crippen LogP contribution >= 0.6 is 0 Å². The average Bonchev–Trinajstić information content (AvgIpc) is 2.63. The normalized spacial score (nSPS) is 15.1. The fourth-order valence-electron chi connectivity index (χ4n) is 2.55. The van der Waals surface area contributed by atoms with Crippen molar-refractivity contribution in [3.8, 4) is 0 Å². The summed E-state index contributed by atoms with van der Waals surface area (Å²) >= 11 is 0. The molecule has 0 bridgehead atoms. The van der Waals surface area contributed by atoms with Crippen LogP contribution in [0.15, 0.2) is 0 Å². The highest BCUT2D eigenvalue weighted by Gasteiger charge is 2.48. The third-order valence-electron chi connectivity index (χ3n) is 3.47. The zero-order valence-corrected chi connectivity index (χ0v) is 18.9. The molecule has 182 valence electrons. The van der Waals surface area contributed by atoms with Gasteiger partial charge in [-0.05, 0) is 0 Å². The van der Waals surface area contributed by atoms with Gasteiger partial charge in [0.05, 0.1) is 0 Å². The lowest BCUT2D eigenvalue weighted by Crippen LogP contribution is -2.57. The fourth-order valence-corrected chi connectivity index (χ4v) is 2.55. The molecule has 0 saturated carbocycles. The first-order valence-electron chi connectivity index (χ1n) is 9.30. The number of ether oxygens (including phenoxy) is 7. The lowest BCUT2D eigenvalue weighted by molar-refractivity contribution is -0.241. The van der Waals surface area contributed by atoms with E-state index in [2.05, 4.69) is 0 Å². The van der Waals surface area contributed by atoms with Gasteiger partial charge in [-0.3, -0.25) is 28.8 Å². The molecular weight excluding hydrogens is 436 g/mol. The average molecular weight is 464 g/mol. The first kappa shape index (κ1) is 28.8. The summed E-state index contributed by atoms with van der Waals surface area (Å²) in [7, 11) is 1.11. The van der Waals surface area contributed by atoms with Gasteiger partial charge in [0.1, 0.15) is 6.61 Å². The van der Waals surface area contributed by atoms with Gasteiger partial charge in [-0.15, -0.1) is 0 Å². The summed E-state index contributed by atoms with van der Waals surface area (Å²) in [6, 6.07) is 0. The highest BCUT2D eigenvalue weighted by molar-refractivity contribution is 5.69. The van der Waals surface area contributed by atoms with E-state index in [1.54, 1.807) is 0 Å². The van der Waals surface area contributed by atoms with E-state index < -0.39 is 73.1 Å². The number of carbonyl (C=O) groups is 6. The second-order valence-electron chi connectivity index (χ2n) is 6.39. The molecule has 0 aliphatic carbocycles. The Morgan fingerprint density at radius 3 is 1.31 bits per heavy atom. The Morgan fingerprint density at radius 1 is 0.531 bits per heavy atom. The molecule has 0 aliphatic rings. The van der Waals surface area contributed by atoms with Crippen molar-refractivity contribution in [3.63, 3.8) is 0 Å². The first-order valence-corrected chi connectivity index (χ1v) is 9.30. The minimum Gasteiger partial charge on any atom is -0.462 e. The highest BCUT2D eigenvalue weighted by Crippen LogP contribution is 2.23. The van der Waals surface area contributed by atoms with Gasteiger partial charge in [0.25, 0.3) is 0 Å². The molecule has 13 heteroatoms. The van der Waals surface area contributed by atoms with E-state index in [1.807, 2.05) is 0 Å². The standard InChI is InChI=1S/C19H28O13/c1-9(20)27-8-15(28-10(2)21)16(29-11(3)22)17(30-12(4)23)18(31-13(5)24)19(26-7)32-14(6)25/h15-19H,8H2,1-7H3/t15-,16-,17+,18+,19+/m1/s1. The minimum absolute atomic E-state index is 0.609. The fraction of sp³-hybridized carbons (Fsp3) is 0.684.